The van der Waals surface area contributed by atoms with Crippen molar-refractivity contribution in [3.05, 3.63) is 106 Å². The zero-order valence-corrected chi connectivity index (χ0v) is 23.4. The van der Waals surface area contributed by atoms with Gasteiger partial charge >= 0.3 is 0 Å². The number of sulfonamides is 1. The summed E-state index contributed by atoms with van der Waals surface area (Å²) in [5, 5.41) is 0.965. The third kappa shape index (κ3) is 6.27. The van der Waals surface area contributed by atoms with Crippen molar-refractivity contribution in [3.63, 3.8) is 0 Å². The minimum absolute atomic E-state index is 0.0558. The molecule has 1 atom stereocenters. The highest BCUT2D eigenvalue weighted by atomic mass is 35.5. The quantitative estimate of drug-likeness (QED) is 0.278. The van der Waals surface area contributed by atoms with Crippen LogP contribution in [0.2, 0.25) is 10.0 Å². The largest absolute Gasteiger partial charge is 0.296 e. The topological polar surface area (TPSA) is 57.7 Å². The van der Waals surface area contributed by atoms with Crippen molar-refractivity contribution in [2.45, 2.75) is 37.3 Å². The molecule has 4 rings (SSSR count). The van der Waals surface area contributed by atoms with Crippen LogP contribution in [0.4, 0.5) is 0 Å². The van der Waals surface area contributed by atoms with Crippen LogP contribution in [0.5, 0.6) is 0 Å². The summed E-state index contributed by atoms with van der Waals surface area (Å²) in [6, 6.07) is 24.8. The van der Waals surface area contributed by atoms with Gasteiger partial charge in [0.1, 0.15) is 0 Å². The van der Waals surface area contributed by atoms with Crippen molar-refractivity contribution in [1.29, 1.82) is 0 Å². The molecule has 1 aliphatic rings. The van der Waals surface area contributed by atoms with Crippen LogP contribution in [0, 0.1) is 0 Å². The second-order valence-electron chi connectivity index (χ2n) is 9.68. The Balaban J connectivity index is 1.61. The molecule has 3 aromatic carbocycles. The second-order valence-corrected chi connectivity index (χ2v) is 12.5. The van der Waals surface area contributed by atoms with Crippen molar-refractivity contribution in [2.24, 2.45) is 0 Å². The van der Waals surface area contributed by atoms with Gasteiger partial charge in [-0.2, -0.15) is 4.31 Å². The molecule has 0 saturated carbocycles. The number of benzene rings is 3. The van der Waals surface area contributed by atoms with Gasteiger partial charge in [-0.25, -0.2) is 8.42 Å². The number of carbonyl (C=O) groups is 1. The summed E-state index contributed by atoms with van der Waals surface area (Å²) in [6.45, 7) is 1.33. The van der Waals surface area contributed by atoms with E-state index < -0.39 is 15.6 Å². The molecule has 1 unspecified atom stereocenters. The summed E-state index contributed by atoms with van der Waals surface area (Å²) >= 11 is 12.6. The Kier molecular flexibility index (Phi) is 8.77. The van der Waals surface area contributed by atoms with Crippen LogP contribution < -0.4 is 0 Å². The lowest BCUT2D eigenvalue weighted by molar-refractivity contribution is 0.0575. The zero-order valence-electron chi connectivity index (χ0n) is 21.1. The molecule has 1 saturated heterocycles. The normalized spacial score (nSPS) is 17.0. The summed E-state index contributed by atoms with van der Waals surface area (Å²) in [6.07, 6.45) is 3.53. The molecule has 8 heteroatoms. The Bertz CT molecular complexity index is 1330. The number of ketones is 1. The molecule has 37 heavy (non-hydrogen) atoms. The lowest BCUT2D eigenvalue weighted by Crippen LogP contribution is -2.54. The predicted molar refractivity (Wildman–Crippen MR) is 151 cm³/mol. The van der Waals surface area contributed by atoms with Crippen molar-refractivity contribution < 1.29 is 13.2 Å². The first kappa shape index (κ1) is 27.8. The minimum Gasteiger partial charge on any atom is -0.296 e. The third-order valence-corrected chi connectivity index (χ3v) is 9.63. The molecule has 0 amide bonds. The molecular weight excluding hydrogens is 527 g/mol. The third-order valence-electron chi connectivity index (χ3n) is 7.55. The molecule has 196 valence electrons. The monoisotopic (exact) mass is 558 g/mol. The number of hydrogen-bond acceptors (Lipinski definition) is 4. The van der Waals surface area contributed by atoms with Gasteiger partial charge in [0.25, 0.3) is 0 Å². The lowest BCUT2D eigenvalue weighted by atomic mass is 9.80. The van der Waals surface area contributed by atoms with Crippen molar-refractivity contribution >= 4 is 39.0 Å². The van der Waals surface area contributed by atoms with Gasteiger partial charge in [0, 0.05) is 38.2 Å². The Morgan fingerprint density at radius 3 is 2.11 bits per heavy atom. The Labute approximate surface area is 230 Å². The van der Waals surface area contributed by atoms with Crippen LogP contribution in [0.1, 0.15) is 53.2 Å². The van der Waals surface area contributed by atoms with E-state index in [1.165, 1.54) is 10.6 Å². The molecule has 0 radical (unpaired) electrons. The highest BCUT2D eigenvalue weighted by Gasteiger charge is 2.44. The van der Waals surface area contributed by atoms with Crippen LogP contribution in [0.15, 0.2) is 78.9 Å². The number of nitrogens with zero attached hydrogens (tertiary/aromatic N) is 2. The molecule has 0 aliphatic carbocycles. The van der Waals surface area contributed by atoms with E-state index in [4.69, 9.17) is 23.2 Å². The van der Waals surface area contributed by atoms with Crippen molar-refractivity contribution in [2.75, 3.05) is 26.4 Å². The van der Waals surface area contributed by atoms with Gasteiger partial charge in [0.15, 0.2) is 5.78 Å². The number of hydrogen-bond donors (Lipinski definition) is 0. The lowest BCUT2D eigenvalue weighted by Gasteiger charge is -2.48. The Hall–Kier alpha value is -2.22. The molecule has 1 heterocycles. The van der Waals surface area contributed by atoms with E-state index in [-0.39, 0.29) is 11.8 Å². The molecule has 1 aliphatic heterocycles. The first-order valence-corrected chi connectivity index (χ1v) is 15.0. The van der Waals surface area contributed by atoms with Crippen molar-refractivity contribution in [1.82, 2.24) is 9.21 Å². The van der Waals surface area contributed by atoms with E-state index in [1.54, 1.807) is 13.1 Å². The van der Waals surface area contributed by atoms with Crippen LogP contribution in [0.3, 0.4) is 0 Å². The van der Waals surface area contributed by atoms with Crippen LogP contribution >= 0.6 is 23.2 Å². The maximum atomic E-state index is 12.9. The number of carbonyl (C=O) groups excluding carboxylic acids is 1. The fraction of sp³-hybridized carbons (Fsp3) is 0.345. The highest BCUT2D eigenvalue weighted by Crippen LogP contribution is 2.42. The van der Waals surface area contributed by atoms with Gasteiger partial charge < -0.3 is 0 Å². The summed E-state index contributed by atoms with van der Waals surface area (Å²) in [5.74, 6) is 0.0955. The average molecular weight is 560 g/mol. The predicted octanol–water partition coefficient (Wildman–Crippen LogP) is 6.58. The van der Waals surface area contributed by atoms with E-state index >= 15 is 0 Å². The number of rotatable bonds is 9. The van der Waals surface area contributed by atoms with E-state index in [1.807, 2.05) is 72.8 Å². The van der Waals surface area contributed by atoms with E-state index in [0.717, 1.165) is 11.1 Å². The number of likely N-dealkylation sites (tertiary alicyclic amines) is 1. The molecule has 0 bridgehead atoms. The standard InChI is InChI=1S/C29H32Cl2N2O3S/c1-32(37(2,35)36)29(24-11-7-4-8-12-24)17-19-33(20-18-29)27(23-13-14-25(30)26(31)21-23)15-16-28(34)22-9-5-3-6-10-22/h3-14,21,27H,15-20H2,1-2H3. The number of Topliss-reactive ketones (excluding diaryl/α,β-unsaturated/α-hetero) is 1. The molecular formula is C29H32Cl2N2O3S. The molecule has 3 aromatic rings. The number of piperidine rings is 1. The van der Waals surface area contributed by atoms with Crippen LogP contribution in [0.25, 0.3) is 0 Å². The van der Waals surface area contributed by atoms with E-state index in [2.05, 4.69) is 4.90 Å². The van der Waals surface area contributed by atoms with Gasteiger partial charge in [0.2, 0.25) is 10.0 Å². The first-order chi connectivity index (χ1) is 17.6. The minimum atomic E-state index is -3.42. The summed E-state index contributed by atoms with van der Waals surface area (Å²) < 4.78 is 26.9. The zero-order chi connectivity index (χ0) is 26.6. The SMILES string of the molecule is CN(C1(c2ccccc2)CCN(C(CCC(=O)c2ccccc2)c2ccc(Cl)c(Cl)c2)CC1)S(C)(=O)=O. The maximum Gasteiger partial charge on any atom is 0.211 e. The fourth-order valence-corrected chi connectivity index (χ4v) is 6.60. The Morgan fingerprint density at radius 1 is 0.946 bits per heavy atom. The highest BCUT2D eigenvalue weighted by molar-refractivity contribution is 7.88. The van der Waals surface area contributed by atoms with Gasteiger partial charge in [-0.1, -0.05) is 89.9 Å². The fourth-order valence-electron chi connectivity index (χ4n) is 5.37. The van der Waals surface area contributed by atoms with Crippen LogP contribution in [-0.4, -0.2) is 49.8 Å². The van der Waals surface area contributed by atoms with Crippen molar-refractivity contribution in [3.8, 4) is 0 Å². The van der Waals surface area contributed by atoms with Crippen LogP contribution in [-0.2, 0) is 15.6 Å². The van der Waals surface area contributed by atoms with Gasteiger partial charge in [0.05, 0.1) is 21.8 Å². The molecule has 1 fully saturated rings. The van der Waals surface area contributed by atoms with Gasteiger partial charge in [-0.05, 0) is 42.5 Å². The maximum absolute atomic E-state index is 12.9. The average Bonchev–Trinajstić information content (AvgIpc) is 2.91. The smallest absolute Gasteiger partial charge is 0.211 e. The molecule has 0 N–H and O–H groups in total. The summed E-state index contributed by atoms with van der Waals surface area (Å²) in [5.41, 5.74) is 2.06. The van der Waals surface area contributed by atoms with Gasteiger partial charge in [-0.3, -0.25) is 9.69 Å². The molecule has 5 nitrogen and oxygen atoms in total. The molecule has 0 aromatic heterocycles. The summed E-state index contributed by atoms with van der Waals surface area (Å²) in [7, 11) is -1.75. The summed E-state index contributed by atoms with van der Waals surface area (Å²) in [4.78, 5) is 15.3. The first-order valence-electron chi connectivity index (χ1n) is 12.4. The molecule has 0 spiro atoms. The van der Waals surface area contributed by atoms with E-state index in [9.17, 15) is 13.2 Å². The van der Waals surface area contributed by atoms with Gasteiger partial charge in [-0.15, -0.1) is 0 Å². The Morgan fingerprint density at radius 2 is 1.54 bits per heavy atom. The number of halogens is 2. The van der Waals surface area contributed by atoms with E-state index in [0.29, 0.717) is 54.4 Å². The second kappa shape index (κ2) is 11.7.